The summed E-state index contributed by atoms with van der Waals surface area (Å²) in [7, 11) is 0. The molecule has 160 valence electrons. The van der Waals surface area contributed by atoms with Crippen LogP contribution < -0.4 is 0 Å². The summed E-state index contributed by atoms with van der Waals surface area (Å²) in [5, 5.41) is 8.07. The van der Waals surface area contributed by atoms with Gasteiger partial charge in [-0.2, -0.15) is 0 Å². The maximum atomic E-state index is 2.31. The fraction of sp³-hybridized carbons (Fsp3) is 0.152. The number of aryl methyl sites for hydroxylation is 2. The predicted octanol–water partition coefficient (Wildman–Crippen LogP) is 9.43. The van der Waals surface area contributed by atoms with Gasteiger partial charge in [-0.3, -0.25) is 0 Å². The molecule has 0 atom stereocenters. The summed E-state index contributed by atoms with van der Waals surface area (Å²) in [6.07, 6.45) is 3.39. The summed E-state index contributed by atoms with van der Waals surface area (Å²) >= 11 is 0. The topological polar surface area (TPSA) is 0 Å². The maximum absolute atomic E-state index is 2.31. The van der Waals surface area contributed by atoms with Crippen LogP contribution in [0.4, 0.5) is 0 Å². The Kier molecular flexibility index (Phi) is 4.88. The largest absolute Gasteiger partial charge is 0.0651 e. The minimum absolute atomic E-state index is 1.07. The lowest BCUT2D eigenvalue weighted by Crippen LogP contribution is -1.90. The highest BCUT2D eigenvalue weighted by atomic mass is 14.2. The Morgan fingerprint density at radius 2 is 0.909 bits per heavy atom. The molecule has 0 fully saturated rings. The summed E-state index contributed by atoms with van der Waals surface area (Å²) in [6, 6.07) is 36.6. The van der Waals surface area contributed by atoms with E-state index in [1.165, 1.54) is 72.1 Å². The minimum atomic E-state index is 1.07. The van der Waals surface area contributed by atoms with Gasteiger partial charge in [-0.05, 0) is 78.5 Å². The second-order valence-electron chi connectivity index (χ2n) is 9.15. The lowest BCUT2D eigenvalue weighted by atomic mass is 9.87. The molecular weight excluding hydrogens is 396 g/mol. The van der Waals surface area contributed by atoms with Crippen molar-refractivity contribution < 1.29 is 0 Å². The molecule has 0 heterocycles. The van der Waals surface area contributed by atoms with Gasteiger partial charge in [0.15, 0.2) is 0 Å². The molecule has 6 aromatic carbocycles. The van der Waals surface area contributed by atoms with Crippen LogP contribution in [0, 0.1) is 0 Å². The maximum Gasteiger partial charge on any atom is -0.00203 e. The van der Waals surface area contributed by atoms with E-state index in [9.17, 15) is 0 Å². The van der Waals surface area contributed by atoms with Gasteiger partial charge in [-0.15, -0.1) is 0 Å². The first kappa shape index (κ1) is 20.0. The molecule has 0 saturated heterocycles. The minimum Gasteiger partial charge on any atom is -0.0651 e. The Balaban J connectivity index is 1.59. The monoisotopic (exact) mass is 424 g/mol. The molecule has 6 aromatic rings. The number of hydrogen-bond acceptors (Lipinski definition) is 0. The predicted molar refractivity (Wildman–Crippen MR) is 144 cm³/mol. The van der Waals surface area contributed by atoms with E-state index in [0.29, 0.717) is 0 Å². The van der Waals surface area contributed by atoms with Crippen molar-refractivity contribution in [2.24, 2.45) is 0 Å². The second-order valence-corrected chi connectivity index (χ2v) is 9.15. The standard InChI is InChI=1S/C33H28/c1-3-5-23-8-12-25(13-9-23)29-19-15-27-16-20-30-28(24-10-6-22(4-2)7-11-24)18-14-26-17-21-31(29)33(27)32(26)30/h6-21H,3-5H2,1-2H3. The Morgan fingerprint density at radius 3 is 1.36 bits per heavy atom. The average Bonchev–Trinajstić information content (AvgIpc) is 2.88. The molecule has 33 heavy (non-hydrogen) atoms. The van der Waals surface area contributed by atoms with Gasteiger partial charge >= 0.3 is 0 Å². The van der Waals surface area contributed by atoms with E-state index in [-0.39, 0.29) is 0 Å². The van der Waals surface area contributed by atoms with Crippen LogP contribution in [0.2, 0.25) is 0 Å². The van der Waals surface area contributed by atoms with Crippen LogP contribution in [-0.4, -0.2) is 0 Å². The Bertz CT molecular complexity index is 1570. The molecule has 0 radical (unpaired) electrons. The van der Waals surface area contributed by atoms with Crippen LogP contribution in [0.25, 0.3) is 54.6 Å². The molecule has 0 nitrogen and oxygen atoms in total. The molecule has 0 aliphatic heterocycles. The van der Waals surface area contributed by atoms with E-state index in [2.05, 4.69) is 111 Å². The van der Waals surface area contributed by atoms with Gasteiger partial charge in [-0.25, -0.2) is 0 Å². The van der Waals surface area contributed by atoms with Crippen LogP contribution in [0.5, 0.6) is 0 Å². The van der Waals surface area contributed by atoms with Crippen LogP contribution in [-0.2, 0) is 12.8 Å². The lowest BCUT2D eigenvalue weighted by molar-refractivity contribution is 0.922. The summed E-state index contributed by atoms with van der Waals surface area (Å²) in [5.74, 6) is 0. The van der Waals surface area contributed by atoms with Crippen molar-refractivity contribution in [2.45, 2.75) is 33.1 Å². The summed E-state index contributed by atoms with van der Waals surface area (Å²) in [6.45, 7) is 4.45. The quantitative estimate of drug-likeness (QED) is 0.242. The average molecular weight is 425 g/mol. The molecule has 0 aliphatic carbocycles. The van der Waals surface area contributed by atoms with Crippen molar-refractivity contribution >= 4 is 32.3 Å². The van der Waals surface area contributed by atoms with Gasteiger partial charge in [-0.1, -0.05) is 117 Å². The molecule has 0 bridgehead atoms. The smallest absolute Gasteiger partial charge is 0.00203 e. The highest BCUT2D eigenvalue weighted by Crippen LogP contribution is 2.42. The summed E-state index contributed by atoms with van der Waals surface area (Å²) in [5.41, 5.74) is 8.01. The molecule has 0 amide bonds. The van der Waals surface area contributed by atoms with Crippen molar-refractivity contribution in [2.75, 3.05) is 0 Å². The molecule has 0 saturated carbocycles. The zero-order valence-electron chi connectivity index (χ0n) is 19.4. The molecule has 0 unspecified atom stereocenters. The fourth-order valence-corrected chi connectivity index (χ4v) is 5.36. The summed E-state index contributed by atoms with van der Waals surface area (Å²) < 4.78 is 0. The third kappa shape index (κ3) is 3.29. The molecule has 0 spiro atoms. The fourth-order valence-electron chi connectivity index (χ4n) is 5.36. The number of rotatable bonds is 5. The summed E-state index contributed by atoms with van der Waals surface area (Å²) in [4.78, 5) is 0. The SMILES string of the molecule is CCCc1ccc(-c2ccc3ccc4c(-c5ccc(CC)cc5)ccc5ccc2c3c54)cc1. The Morgan fingerprint density at radius 1 is 0.455 bits per heavy atom. The Labute approximate surface area is 195 Å². The Hall–Kier alpha value is -3.64. The zero-order valence-corrected chi connectivity index (χ0v) is 19.4. The van der Waals surface area contributed by atoms with Crippen molar-refractivity contribution in [3.63, 3.8) is 0 Å². The molecule has 0 heteroatoms. The first-order valence-corrected chi connectivity index (χ1v) is 12.2. The first-order chi connectivity index (χ1) is 16.3. The molecule has 6 rings (SSSR count). The van der Waals surface area contributed by atoms with Crippen molar-refractivity contribution in [3.05, 3.63) is 108 Å². The van der Waals surface area contributed by atoms with Crippen molar-refractivity contribution in [1.29, 1.82) is 0 Å². The lowest BCUT2D eigenvalue weighted by Gasteiger charge is -2.17. The van der Waals surface area contributed by atoms with Gasteiger partial charge in [0.1, 0.15) is 0 Å². The van der Waals surface area contributed by atoms with E-state index >= 15 is 0 Å². The zero-order chi connectivity index (χ0) is 22.4. The normalized spacial score (nSPS) is 11.7. The third-order valence-corrected chi connectivity index (χ3v) is 7.14. The molecule has 0 N–H and O–H groups in total. The highest BCUT2D eigenvalue weighted by molar-refractivity contribution is 6.27. The van der Waals surface area contributed by atoms with Gasteiger partial charge in [0, 0.05) is 0 Å². The van der Waals surface area contributed by atoms with Crippen LogP contribution >= 0.6 is 0 Å². The van der Waals surface area contributed by atoms with E-state index in [0.717, 1.165) is 12.8 Å². The van der Waals surface area contributed by atoms with Crippen LogP contribution in [0.3, 0.4) is 0 Å². The number of hydrogen-bond donors (Lipinski definition) is 0. The van der Waals surface area contributed by atoms with Crippen molar-refractivity contribution in [1.82, 2.24) is 0 Å². The number of benzene rings is 6. The highest BCUT2D eigenvalue weighted by Gasteiger charge is 2.14. The molecular formula is C33H28. The second kappa shape index (κ2) is 8.05. The molecule has 0 aliphatic rings. The third-order valence-electron chi connectivity index (χ3n) is 7.14. The van der Waals surface area contributed by atoms with Crippen molar-refractivity contribution in [3.8, 4) is 22.3 Å². The molecule has 0 aromatic heterocycles. The van der Waals surface area contributed by atoms with E-state index in [1.54, 1.807) is 0 Å². The van der Waals surface area contributed by atoms with Gasteiger partial charge in [0.05, 0.1) is 0 Å². The van der Waals surface area contributed by atoms with Crippen LogP contribution in [0.15, 0.2) is 97.1 Å². The van der Waals surface area contributed by atoms with E-state index in [1.807, 2.05) is 0 Å². The van der Waals surface area contributed by atoms with Gasteiger partial charge in [0.25, 0.3) is 0 Å². The van der Waals surface area contributed by atoms with E-state index in [4.69, 9.17) is 0 Å². The van der Waals surface area contributed by atoms with Gasteiger partial charge in [0.2, 0.25) is 0 Å². The van der Waals surface area contributed by atoms with E-state index < -0.39 is 0 Å². The van der Waals surface area contributed by atoms with Gasteiger partial charge < -0.3 is 0 Å². The first-order valence-electron chi connectivity index (χ1n) is 12.2. The van der Waals surface area contributed by atoms with Crippen LogP contribution in [0.1, 0.15) is 31.4 Å².